The van der Waals surface area contributed by atoms with Gasteiger partial charge >= 0.3 is 0 Å². The van der Waals surface area contributed by atoms with Gasteiger partial charge in [-0.1, -0.05) is 0 Å². The Kier molecular flexibility index (Phi) is 5.08. The van der Waals surface area contributed by atoms with Crippen LogP contribution in [0.25, 0.3) is 0 Å². The van der Waals surface area contributed by atoms with E-state index in [9.17, 15) is 14.0 Å². The first-order chi connectivity index (χ1) is 11.6. The quantitative estimate of drug-likeness (QED) is 0.900. The van der Waals surface area contributed by atoms with Crippen molar-refractivity contribution in [3.8, 4) is 0 Å². The maximum Gasteiger partial charge on any atom is 0.256 e. The van der Waals surface area contributed by atoms with Crippen molar-refractivity contribution in [3.05, 3.63) is 29.8 Å². The normalized spacial score (nSPS) is 25.0. The monoisotopic (exact) mass is 335 g/mol. The van der Waals surface area contributed by atoms with Crippen LogP contribution in [0.5, 0.6) is 0 Å². The average Bonchev–Trinajstić information content (AvgIpc) is 3.04. The second kappa shape index (κ2) is 7.25. The van der Waals surface area contributed by atoms with Crippen molar-refractivity contribution in [1.82, 2.24) is 9.88 Å². The fraction of sp³-hybridized carbons (Fsp3) is 0.588. The number of primary amides is 1. The molecule has 1 aromatic rings. The zero-order valence-corrected chi connectivity index (χ0v) is 13.5. The summed E-state index contributed by atoms with van der Waals surface area (Å²) in [5.41, 5.74) is 5.49. The van der Waals surface area contributed by atoms with Crippen molar-refractivity contribution in [2.45, 2.75) is 31.8 Å². The third-order valence-electron chi connectivity index (χ3n) is 5.05. The Morgan fingerprint density at radius 3 is 2.75 bits per heavy atom. The summed E-state index contributed by atoms with van der Waals surface area (Å²) in [6.45, 7) is 1.75. The lowest BCUT2D eigenvalue weighted by atomic mass is 9.86. The van der Waals surface area contributed by atoms with Crippen LogP contribution in [0.4, 0.5) is 4.39 Å². The molecule has 0 radical (unpaired) electrons. The first-order valence-electron chi connectivity index (χ1n) is 8.36. The predicted octanol–water partition coefficient (Wildman–Crippen LogP) is 1.35. The predicted molar refractivity (Wildman–Crippen MR) is 84.5 cm³/mol. The van der Waals surface area contributed by atoms with E-state index in [1.54, 1.807) is 4.90 Å². The maximum absolute atomic E-state index is 13.7. The molecular formula is C17H22FN3O3. The Balaban J connectivity index is 1.53. The highest BCUT2D eigenvalue weighted by Crippen LogP contribution is 2.31. The van der Waals surface area contributed by atoms with E-state index in [2.05, 4.69) is 4.98 Å². The first kappa shape index (κ1) is 16.8. The van der Waals surface area contributed by atoms with E-state index in [1.807, 2.05) is 0 Å². The fourth-order valence-electron chi connectivity index (χ4n) is 3.63. The van der Waals surface area contributed by atoms with Gasteiger partial charge in [-0.15, -0.1) is 0 Å². The molecule has 2 fully saturated rings. The average molecular weight is 335 g/mol. The van der Waals surface area contributed by atoms with Gasteiger partial charge in [0.2, 0.25) is 5.91 Å². The standard InChI is InChI=1S/C17H22FN3O3/c18-14-10-20-5-1-12(14)17(23)21-6-2-11(3-7-21)9-15-13(16(19)22)4-8-24-15/h1,5,10-11,13,15H,2-4,6-9H2,(H2,19,22)/t13-,15-/m1/s1. The van der Waals surface area contributed by atoms with Gasteiger partial charge in [-0.3, -0.25) is 14.6 Å². The van der Waals surface area contributed by atoms with Gasteiger partial charge in [0.25, 0.3) is 5.91 Å². The van der Waals surface area contributed by atoms with Crippen LogP contribution in [-0.2, 0) is 9.53 Å². The Labute approximate surface area is 140 Å². The molecule has 3 rings (SSSR count). The van der Waals surface area contributed by atoms with Crippen molar-refractivity contribution < 1.29 is 18.7 Å². The van der Waals surface area contributed by atoms with Crippen molar-refractivity contribution >= 4 is 11.8 Å². The number of amides is 2. The molecule has 130 valence electrons. The number of hydrogen-bond acceptors (Lipinski definition) is 4. The minimum atomic E-state index is -0.590. The van der Waals surface area contributed by atoms with E-state index in [-0.39, 0.29) is 29.4 Å². The van der Waals surface area contributed by atoms with Crippen LogP contribution in [0.1, 0.15) is 36.0 Å². The maximum atomic E-state index is 13.7. The molecular weight excluding hydrogens is 313 g/mol. The number of hydrogen-bond donors (Lipinski definition) is 1. The minimum Gasteiger partial charge on any atom is -0.377 e. The molecule has 6 nitrogen and oxygen atoms in total. The Morgan fingerprint density at radius 1 is 1.33 bits per heavy atom. The van der Waals surface area contributed by atoms with E-state index >= 15 is 0 Å². The number of nitrogens with zero attached hydrogens (tertiary/aromatic N) is 2. The number of likely N-dealkylation sites (tertiary alicyclic amines) is 1. The van der Waals surface area contributed by atoms with Gasteiger partial charge in [0, 0.05) is 25.9 Å². The van der Waals surface area contributed by atoms with Crippen molar-refractivity contribution in [2.24, 2.45) is 17.6 Å². The third-order valence-corrected chi connectivity index (χ3v) is 5.05. The third kappa shape index (κ3) is 3.56. The molecule has 0 bridgehead atoms. The SMILES string of the molecule is NC(=O)[C@@H]1CCO[C@@H]1CC1CCN(C(=O)c2ccncc2F)CC1. The number of carbonyl (C=O) groups excluding carboxylic acids is 2. The van der Waals surface area contributed by atoms with Crippen molar-refractivity contribution in [1.29, 1.82) is 0 Å². The van der Waals surface area contributed by atoms with Crippen molar-refractivity contribution in [2.75, 3.05) is 19.7 Å². The van der Waals surface area contributed by atoms with E-state index in [0.717, 1.165) is 25.5 Å². The van der Waals surface area contributed by atoms with Crippen LogP contribution in [0.2, 0.25) is 0 Å². The van der Waals surface area contributed by atoms with Gasteiger partial charge in [-0.25, -0.2) is 4.39 Å². The highest BCUT2D eigenvalue weighted by Gasteiger charge is 2.35. The number of piperidine rings is 1. The molecule has 2 saturated heterocycles. The molecule has 2 N–H and O–H groups in total. The Bertz CT molecular complexity index is 617. The molecule has 2 aliphatic heterocycles. The summed E-state index contributed by atoms with van der Waals surface area (Å²) in [6.07, 6.45) is 5.50. The van der Waals surface area contributed by atoms with E-state index in [1.165, 1.54) is 12.3 Å². The summed E-state index contributed by atoms with van der Waals surface area (Å²) in [5, 5.41) is 0. The fourth-order valence-corrected chi connectivity index (χ4v) is 3.63. The van der Waals surface area contributed by atoms with Crippen LogP contribution in [0.15, 0.2) is 18.5 Å². The van der Waals surface area contributed by atoms with Crippen LogP contribution < -0.4 is 5.73 Å². The van der Waals surface area contributed by atoms with Gasteiger partial charge in [0.05, 0.1) is 23.8 Å². The molecule has 1 aromatic heterocycles. The highest BCUT2D eigenvalue weighted by molar-refractivity contribution is 5.94. The number of aromatic nitrogens is 1. The molecule has 2 amide bonds. The van der Waals surface area contributed by atoms with Crippen LogP contribution in [-0.4, -0.2) is 47.5 Å². The lowest BCUT2D eigenvalue weighted by molar-refractivity contribution is -0.123. The number of halogens is 1. The van der Waals surface area contributed by atoms with Gasteiger partial charge < -0.3 is 15.4 Å². The van der Waals surface area contributed by atoms with E-state index in [0.29, 0.717) is 32.0 Å². The zero-order chi connectivity index (χ0) is 17.1. The van der Waals surface area contributed by atoms with Crippen LogP contribution >= 0.6 is 0 Å². The molecule has 7 heteroatoms. The van der Waals surface area contributed by atoms with Crippen LogP contribution in [0, 0.1) is 17.7 Å². The number of pyridine rings is 1. The molecule has 0 saturated carbocycles. The Morgan fingerprint density at radius 2 is 2.08 bits per heavy atom. The molecule has 2 aliphatic rings. The van der Waals surface area contributed by atoms with Gasteiger partial charge in [-0.2, -0.15) is 0 Å². The second-order valence-corrected chi connectivity index (χ2v) is 6.53. The largest absolute Gasteiger partial charge is 0.377 e. The van der Waals surface area contributed by atoms with Crippen LogP contribution in [0.3, 0.4) is 0 Å². The van der Waals surface area contributed by atoms with E-state index in [4.69, 9.17) is 10.5 Å². The van der Waals surface area contributed by atoms with Gasteiger partial charge in [0.1, 0.15) is 0 Å². The lowest BCUT2D eigenvalue weighted by Crippen LogP contribution is -2.40. The van der Waals surface area contributed by atoms with E-state index < -0.39 is 5.82 Å². The Hall–Kier alpha value is -2.02. The number of carbonyl (C=O) groups is 2. The summed E-state index contributed by atoms with van der Waals surface area (Å²) in [7, 11) is 0. The molecule has 3 heterocycles. The summed E-state index contributed by atoms with van der Waals surface area (Å²) >= 11 is 0. The molecule has 24 heavy (non-hydrogen) atoms. The number of nitrogens with two attached hydrogens (primary N) is 1. The summed E-state index contributed by atoms with van der Waals surface area (Å²) in [4.78, 5) is 29.2. The lowest BCUT2D eigenvalue weighted by Gasteiger charge is -2.33. The molecule has 0 aliphatic carbocycles. The molecule has 0 unspecified atom stereocenters. The molecule has 0 aromatic carbocycles. The van der Waals surface area contributed by atoms with Crippen molar-refractivity contribution in [3.63, 3.8) is 0 Å². The topological polar surface area (TPSA) is 85.5 Å². The molecule has 2 atom stereocenters. The number of rotatable bonds is 4. The second-order valence-electron chi connectivity index (χ2n) is 6.53. The summed E-state index contributed by atoms with van der Waals surface area (Å²) in [5.74, 6) is -0.983. The molecule has 0 spiro atoms. The first-order valence-corrected chi connectivity index (χ1v) is 8.36. The zero-order valence-electron chi connectivity index (χ0n) is 13.5. The van der Waals surface area contributed by atoms with Gasteiger partial charge in [-0.05, 0) is 37.7 Å². The van der Waals surface area contributed by atoms with Gasteiger partial charge in [0.15, 0.2) is 5.82 Å². The minimum absolute atomic E-state index is 0.0661. The highest BCUT2D eigenvalue weighted by atomic mass is 19.1. The summed E-state index contributed by atoms with van der Waals surface area (Å²) < 4.78 is 19.3. The summed E-state index contributed by atoms with van der Waals surface area (Å²) in [6, 6.07) is 1.41. The smallest absolute Gasteiger partial charge is 0.256 e. The number of ether oxygens (including phenoxy) is 1.